The van der Waals surface area contributed by atoms with Crippen LogP contribution in [0.5, 0.6) is 0 Å². The maximum Gasteiger partial charge on any atom is 0.0345 e. The minimum absolute atomic E-state index is 1.05. The van der Waals surface area contributed by atoms with Gasteiger partial charge in [-0.3, -0.25) is 0 Å². The first-order chi connectivity index (χ1) is 3.81. The lowest BCUT2D eigenvalue weighted by Crippen LogP contribution is -1.94. The van der Waals surface area contributed by atoms with Crippen LogP contribution in [0.2, 0.25) is 0 Å². The van der Waals surface area contributed by atoms with Crippen molar-refractivity contribution in [2.45, 2.75) is 33.1 Å². The molecule has 0 amide bonds. The highest BCUT2D eigenvalue weighted by Gasteiger charge is 1.86. The lowest BCUT2D eigenvalue weighted by atomic mass is 10.2. The average molecular weight is 114 g/mol. The van der Waals surface area contributed by atoms with E-state index in [0.717, 1.165) is 12.1 Å². The van der Waals surface area contributed by atoms with Gasteiger partial charge in [0.15, 0.2) is 0 Å². The Morgan fingerprint density at radius 2 is 2.25 bits per heavy atom. The van der Waals surface area contributed by atoms with Crippen LogP contribution in [-0.4, -0.2) is 5.71 Å². The Labute approximate surface area is 50.8 Å². The van der Waals surface area contributed by atoms with Crippen molar-refractivity contribution in [3.05, 3.63) is 0 Å². The van der Waals surface area contributed by atoms with Crippen LogP contribution in [0.4, 0.5) is 0 Å². The number of hydrogen-bond donors (Lipinski definition) is 1. The van der Waals surface area contributed by atoms with E-state index in [0.29, 0.717) is 0 Å². The van der Waals surface area contributed by atoms with Crippen LogP contribution in [0.3, 0.4) is 0 Å². The fourth-order valence-corrected chi connectivity index (χ4v) is 0.497. The molecule has 0 saturated carbocycles. The van der Waals surface area contributed by atoms with Crippen LogP contribution in [0, 0.1) is 0 Å². The van der Waals surface area contributed by atoms with Gasteiger partial charge in [-0.1, -0.05) is 13.3 Å². The second kappa shape index (κ2) is 4.62. The zero-order valence-electron chi connectivity index (χ0n) is 5.65. The van der Waals surface area contributed by atoms with Crippen molar-refractivity contribution in [1.29, 1.82) is 0 Å². The molecule has 48 valence electrons. The maximum absolute atomic E-state index is 5.00. The molecule has 0 aromatic heterocycles. The van der Waals surface area contributed by atoms with Gasteiger partial charge in [0.2, 0.25) is 0 Å². The molecule has 0 aromatic rings. The molecule has 0 spiro atoms. The van der Waals surface area contributed by atoms with Crippen molar-refractivity contribution in [3.8, 4) is 0 Å². The molecule has 0 rings (SSSR count). The lowest BCUT2D eigenvalue weighted by molar-refractivity contribution is 0.830. The second-order valence-corrected chi connectivity index (χ2v) is 1.97. The van der Waals surface area contributed by atoms with Crippen molar-refractivity contribution in [1.82, 2.24) is 0 Å². The molecular weight excluding hydrogens is 100 g/mol. The quantitative estimate of drug-likeness (QED) is 0.337. The van der Waals surface area contributed by atoms with Gasteiger partial charge < -0.3 is 5.84 Å². The van der Waals surface area contributed by atoms with Gasteiger partial charge >= 0.3 is 0 Å². The molecule has 0 aromatic carbocycles. The summed E-state index contributed by atoms with van der Waals surface area (Å²) in [4.78, 5) is 0. The van der Waals surface area contributed by atoms with Gasteiger partial charge in [0.05, 0.1) is 0 Å². The first kappa shape index (κ1) is 7.47. The minimum atomic E-state index is 1.05. The summed E-state index contributed by atoms with van der Waals surface area (Å²) in [6, 6.07) is 0. The van der Waals surface area contributed by atoms with Gasteiger partial charge in [0.1, 0.15) is 0 Å². The average Bonchev–Trinajstić information content (AvgIpc) is 1.83. The summed E-state index contributed by atoms with van der Waals surface area (Å²) >= 11 is 0. The normalized spacial score (nSPS) is 12.0. The van der Waals surface area contributed by atoms with Crippen LogP contribution in [0.15, 0.2) is 5.10 Å². The number of hydrazone groups is 1. The summed E-state index contributed by atoms with van der Waals surface area (Å²) in [5, 5.41) is 3.54. The van der Waals surface area contributed by atoms with Crippen molar-refractivity contribution in [2.75, 3.05) is 0 Å². The first-order valence-electron chi connectivity index (χ1n) is 3.04. The third kappa shape index (κ3) is 3.65. The summed E-state index contributed by atoms with van der Waals surface area (Å²) in [6.07, 6.45) is 3.46. The van der Waals surface area contributed by atoms with Crippen LogP contribution < -0.4 is 5.84 Å². The van der Waals surface area contributed by atoms with Gasteiger partial charge in [0.25, 0.3) is 0 Å². The van der Waals surface area contributed by atoms with Gasteiger partial charge in [-0.25, -0.2) is 0 Å². The predicted molar refractivity (Wildman–Crippen MR) is 36.8 cm³/mol. The molecule has 8 heavy (non-hydrogen) atoms. The van der Waals surface area contributed by atoms with Gasteiger partial charge in [-0.05, 0) is 19.8 Å². The van der Waals surface area contributed by atoms with Crippen LogP contribution in [-0.2, 0) is 0 Å². The highest BCUT2D eigenvalue weighted by molar-refractivity contribution is 5.81. The highest BCUT2D eigenvalue weighted by atomic mass is 15.1. The standard InChI is InChI=1S/C6H14N2/c1-3-4-5-6(2)8-7/h3-5,7H2,1-2H3/b8-6-. The fraction of sp³-hybridized carbons (Fsp3) is 0.833. The van der Waals surface area contributed by atoms with E-state index in [1.54, 1.807) is 0 Å². The predicted octanol–water partition coefficient (Wildman–Crippen LogP) is 1.51. The Morgan fingerprint density at radius 3 is 2.62 bits per heavy atom. The smallest absolute Gasteiger partial charge is 0.0345 e. The summed E-state index contributed by atoms with van der Waals surface area (Å²) in [6.45, 7) is 4.11. The summed E-state index contributed by atoms with van der Waals surface area (Å²) < 4.78 is 0. The van der Waals surface area contributed by atoms with Gasteiger partial charge in [0, 0.05) is 5.71 Å². The summed E-state index contributed by atoms with van der Waals surface area (Å²) in [7, 11) is 0. The zero-order valence-corrected chi connectivity index (χ0v) is 5.65. The molecule has 0 aliphatic heterocycles. The molecule has 0 atom stereocenters. The van der Waals surface area contributed by atoms with Crippen LogP contribution in [0.25, 0.3) is 0 Å². The van der Waals surface area contributed by atoms with E-state index in [4.69, 9.17) is 5.84 Å². The Kier molecular flexibility index (Phi) is 4.32. The third-order valence-corrected chi connectivity index (χ3v) is 1.11. The molecule has 0 fully saturated rings. The number of unbranched alkanes of at least 4 members (excludes halogenated alkanes) is 1. The van der Waals surface area contributed by atoms with Crippen LogP contribution in [0.1, 0.15) is 33.1 Å². The van der Waals surface area contributed by atoms with Crippen molar-refractivity contribution in [3.63, 3.8) is 0 Å². The monoisotopic (exact) mass is 114 g/mol. The largest absolute Gasteiger partial charge is 0.323 e. The molecule has 2 N–H and O–H groups in total. The Morgan fingerprint density at radius 1 is 1.62 bits per heavy atom. The Hall–Kier alpha value is -0.530. The molecule has 0 radical (unpaired) electrons. The van der Waals surface area contributed by atoms with E-state index in [9.17, 15) is 0 Å². The molecule has 0 unspecified atom stereocenters. The van der Waals surface area contributed by atoms with Crippen molar-refractivity contribution >= 4 is 5.71 Å². The molecule has 0 saturated heterocycles. The Bertz CT molecular complexity index is 76.6. The van der Waals surface area contributed by atoms with Gasteiger partial charge in [-0.15, -0.1) is 0 Å². The van der Waals surface area contributed by atoms with E-state index in [1.807, 2.05) is 6.92 Å². The van der Waals surface area contributed by atoms with Crippen molar-refractivity contribution < 1.29 is 0 Å². The molecule has 0 heterocycles. The highest BCUT2D eigenvalue weighted by Crippen LogP contribution is 1.94. The number of rotatable bonds is 3. The number of hydrogen-bond acceptors (Lipinski definition) is 2. The first-order valence-corrected chi connectivity index (χ1v) is 3.04. The molecule has 2 heteroatoms. The maximum atomic E-state index is 5.00. The lowest BCUT2D eigenvalue weighted by Gasteiger charge is -1.92. The van der Waals surface area contributed by atoms with E-state index in [1.165, 1.54) is 12.8 Å². The van der Waals surface area contributed by atoms with Crippen molar-refractivity contribution in [2.24, 2.45) is 10.9 Å². The molecule has 0 aliphatic rings. The van der Waals surface area contributed by atoms with E-state index in [2.05, 4.69) is 12.0 Å². The fourth-order valence-electron chi connectivity index (χ4n) is 0.497. The molecule has 0 bridgehead atoms. The molecular formula is C6H14N2. The number of nitrogens with two attached hydrogens (primary N) is 1. The zero-order chi connectivity index (χ0) is 6.41. The third-order valence-electron chi connectivity index (χ3n) is 1.11. The minimum Gasteiger partial charge on any atom is -0.323 e. The van der Waals surface area contributed by atoms with E-state index in [-0.39, 0.29) is 0 Å². The topological polar surface area (TPSA) is 38.4 Å². The second-order valence-electron chi connectivity index (χ2n) is 1.97. The SMILES string of the molecule is CCCC/C(C)=N\N. The Balaban J connectivity index is 3.12. The summed E-state index contributed by atoms with van der Waals surface area (Å²) in [5.74, 6) is 5.00. The number of nitrogens with zero attached hydrogens (tertiary/aromatic N) is 1. The van der Waals surface area contributed by atoms with Crippen LogP contribution >= 0.6 is 0 Å². The summed E-state index contributed by atoms with van der Waals surface area (Å²) in [5.41, 5.74) is 1.05. The van der Waals surface area contributed by atoms with E-state index >= 15 is 0 Å². The molecule has 0 aliphatic carbocycles. The van der Waals surface area contributed by atoms with Gasteiger partial charge in [-0.2, -0.15) is 5.10 Å². The molecule has 2 nitrogen and oxygen atoms in total. The van der Waals surface area contributed by atoms with E-state index < -0.39 is 0 Å².